The molecule has 8 nitrogen and oxygen atoms in total. The third-order valence-corrected chi connectivity index (χ3v) is 6.72. The van der Waals surface area contributed by atoms with Crippen molar-refractivity contribution in [3.63, 3.8) is 0 Å². The van der Waals surface area contributed by atoms with Gasteiger partial charge in [0.15, 0.2) is 0 Å². The number of methoxy groups -OCH3 is 1. The van der Waals surface area contributed by atoms with E-state index in [1.165, 1.54) is 0 Å². The van der Waals surface area contributed by atoms with Crippen molar-refractivity contribution >= 4 is 17.7 Å². The van der Waals surface area contributed by atoms with Crippen molar-refractivity contribution in [2.45, 2.75) is 38.8 Å². The lowest BCUT2D eigenvalue weighted by atomic mass is 9.99. The SMILES string of the molecule is CO[C@@H]1CCN(c2ncccc2C(=O)N2CC3CC(C2)N(c2nc(C)cc(C)n2)C3)C1. The Hall–Kier alpha value is -2.74. The zero-order valence-electron chi connectivity index (χ0n) is 18.5. The molecule has 3 atom stereocenters. The number of hydrogen-bond donors (Lipinski definition) is 0. The molecular formula is C23H30N6O2. The molecule has 3 fully saturated rings. The van der Waals surface area contributed by atoms with Gasteiger partial charge >= 0.3 is 0 Å². The Bertz CT molecular complexity index is 962. The fourth-order valence-corrected chi connectivity index (χ4v) is 5.31. The lowest BCUT2D eigenvalue weighted by Gasteiger charge is -2.33. The summed E-state index contributed by atoms with van der Waals surface area (Å²) in [6.07, 6.45) is 4.01. The molecule has 3 saturated heterocycles. The average Bonchev–Trinajstić information content (AvgIpc) is 3.36. The molecule has 1 amide bonds. The van der Waals surface area contributed by atoms with E-state index in [-0.39, 0.29) is 18.1 Å². The van der Waals surface area contributed by atoms with E-state index in [9.17, 15) is 4.79 Å². The molecule has 0 saturated carbocycles. The molecule has 5 heterocycles. The zero-order chi connectivity index (χ0) is 21.5. The third-order valence-electron chi connectivity index (χ3n) is 6.72. The van der Waals surface area contributed by atoms with Crippen LogP contribution < -0.4 is 9.80 Å². The Balaban J connectivity index is 1.35. The summed E-state index contributed by atoms with van der Waals surface area (Å²) in [4.78, 5) is 34.0. The van der Waals surface area contributed by atoms with Gasteiger partial charge in [0.2, 0.25) is 5.95 Å². The minimum atomic E-state index is 0.0712. The maximum absolute atomic E-state index is 13.6. The molecule has 31 heavy (non-hydrogen) atoms. The van der Waals surface area contributed by atoms with Gasteiger partial charge in [-0.2, -0.15) is 0 Å². The zero-order valence-corrected chi connectivity index (χ0v) is 18.5. The highest BCUT2D eigenvalue weighted by Crippen LogP contribution is 2.34. The second-order valence-corrected chi connectivity index (χ2v) is 9.04. The van der Waals surface area contributed by atoms with Crippen LogP contribution in [-0.2, 0) is 4.74 Å². The Labute approximate surface area is 183 Å². The van der Waals surface area contributed by atoms with Gasteiger partial charge < -0.3 is 19.4 Å². The van der Waals surface area contributed by atoms with Gasteiger partial charge in [0.1, 0.15) is 5.82 Å². The highest BCUT2D eigenvalue weighted by Gasteiger charge is 2.42. The van der Waals surface area contributed by atoms with Gasteiger partial charge in [-0.3, -0.25) is 4.79 Å². The maximum Gasteiger partial charge on any atom is 0.257 e. The first kappa shape index (κ1) is 20.2. The second kappa shape index (κ2) is 8.07. The predicted octanol–water partition coefficient (Wildman–Crippen LogP) is 2.06. The van der Waals surface area contributed by atoms with Crippen molar-refractivity contribution in [3.8, 4) is 0 Å². The molecule has 3 aliphatic rings. The number of aromatic nitrogens is 3. The summed E-state index contributed by atoms with van der Waals surface area (Å²) in [7, 11) is 1.74. The van der Waals surface area contributed by atoms with E-state index in [4.69, 9.17) is 4.74 Å². The number of hydrogen-bond acceptors (Lipinski definition) is 7. The fraction of sp³-hybridized carbons (Fsp3) is 0.565. The summed E-state index contributed by atoms with van der Waals surface area (Å²) in [6, 6.07) is 6.02. The third kappa shape index (κ3) is 3.84. The van der Waals surface area contributed by atoms with E-state index in [0.717, 1.165) is 62.2 Å². The van der Waals surface area contributed by atoms with Gasteiger partial charge in [0.25, 0.3) is 5.91 Å². The Morgan fingerprint density at radius 3 is 2.68 bits per heavy atom. The Morgan fingerprint density at radius 2 is 1.94 bits per heavy atom. The van der Waals surface area contributed by atoms with E-state index in [1.54, 1.807) is 13.3 Å². The minimum absolute atomic E-state index is 0.0712. The molecule has 0 aromatic carbocycles. The number of rotatable bonds is 4. The topological polar surface area (TPSA) is 74.7 Å². The summed E-state index contributed by atoms with van der Waals surface area (Å²) in [5.74, 6) is 2.09. The van der Waals surface area contributed by atoms with Gasteiger partial charge in [0.05, 0.1) is 11.7 Å². The number of ether oxygens (including phenoxy) is 1. The van der Waals surface area contributed by atoms with Crippen molar-refractivity contribution in [2.75, 3.05) is 49.6 Å². The van der Waals surface area contributed by atoms with Gasteiger partial charge in [0, 0.05) is 63.5 Å². The molecule has 8 heteroatoms. The minimum Gasteiger partial charge on any atom is -0.380 e. The summed E-state index contributed by atoms with van der Waals surface area (Å²) in [5, 5.41) is 0. The smallest absolute Gasteiger partial charge is 0.257 e. The number of anilines is 2. The van der Waals surface area contributed by atoms with Gasteiger partial charge in [-0.1, -0.05) is 0 Å². The van der Waals surface area contributed by atoms with E-state index in [1.807, 2.05) is 36.9 Å². The standard InChI is InChI=1S/C23H30N6O2/c1-15-9-16(2)26-23(25-15)29-12-17-10-18(29)13-28(11-17)22(30)20-5-4-7-24-21(20)27-8-6-19(14-27)31-3/h4-5,7,9,17-19H,6,8,10-14H2,1-3H3/t17?,18?,19-/m1/s1. The first-order valence-corrected chi connectivity index (χ1v) is 11.1. The number of nitrogens with zero attached hydrogens (tertiary/aromatic N) is 6. The summed E-state index contributed by atoms with van der Waals surface area (Å²) in [6.45, 7) is 8.01. The molecule has 0 spiro atoms. The number of carbonyl (C=O) groups excluding carboxylic acids is 1. The molecule has 0 N–H and O–H groups in total. The van der Waals surface area contributed by atoms with Crippen LogP contribution in [0.15, 0.2) is 24.4 Å². The number of likely N-dealkylation sites (tertiary alicyclic amines) is 1. The van der Waals surface area contributed by atoms with Crippen LogP contribution in [0.2, 0.25) is 0 Å². The van der Waals surface area contributed by atoms with Crippen molar-refractivity contribution in [1.29, 1.82) is 0 Å². The molecule has 0 aliphatic carbocycles. The number of fused-ring (bicyclic) bond motifs is 2. The van der Waals surface area contributed by atoms with Crippen LogP contribution in [0.25, 0.3) is 0 Å². The molecule has 3 aliphatic heterocycles. The van der Waals surface area contributed by atoms with Crippen LogP contribution >= 0.6 is 0 Å². The van der Waals surface area contributed by atoms with Crippen molar-refractivity contribution < 1.29 is 9.53 Å². The Kier molecular flexibility index (Phi) is 5.25. The molecular weight excluding hydrogens is 392 g/mol. The highest BCUT2D eigenvalue weighted by molar-refractivity contribution is 5.99. The van der Waals surface area contributed by atoms with Gasteiger partial charge in [-0.05, 0) is 50.8 Å². The molecule has 164 valence electrons. The van der Waals surface area contributed by atoms with Crippen LogP contribution in [0.4, 0.5) is 11.8 Å². The number of pyridine rings is 1. The van der Waals surface area contributed by atoms with E-state index >= 15 is 0 Å². The quantitative estimate of drug-likeness (QED) is 0.747. The van der Waals surface area contributed by atoms with Crippen molar-refractivity contribution in [2.24, 2.45) is 5.92 Å². The Morgan fingerprint density at radius 1 is 1.13 bits per heavy atom. The van der Waals surface area contributed by atoms with Crippen LogP contribution in [0.1, 0.15) is 34.6 Å². The van der Waals surface area contributed by atoms with Gasteiger partial charge in [-0.25, -0.2) is 15.0 Å². The molecule has 2 unspecified atom stereocenters. The first-order valence-electron chi connectivity index (χ1n) is 11.1. The van der Waals surface area contributed by atoms with Crippen LogP contribution in [0, 0.1) is 19.8 Å². The second-order valence-electron chi connectivity index (χ2n) is 9.04. The average molecular weight is 423 g/mol. The fourth-order valence-electron chi connectivity index (χ4n) is 5.31. The van der Waals surface area contributed by atoms with Crippen LogP contribution in [0.3, 0.4) is 0 Å². The van der Waals surface area contributed by atoms with E-state index < -0.39 is 0 Å². The molecule has 2 bridgehead atoms. The first-order chi connectivity index (χ1) is 15.0. The maximum atomic E-state index is 13.6. The molecule has 2 aromatic heterocycles. The number of amides is 1. The number of piperidine rings is 1. The normalized spacial score (nSPS) is 25.4. The molecule has 5 rings (SSSR count). The summed E-state index contributed by atoms with van der Waals surface area (Å²) in [5.41, 5.74) is 2.66. The summed E-state index contributed by atoms with van der Waals surface area (Å²) >= 11 is 0. The van der Waals surface area contributed by atoms with E-state index in [2.05, 4.69) is 24.8 Å². The van der Waals surface area contributed by atoms with Crippen molar-refractivity contribution in [3.05, 3.63) is 41.3 Å². The summed E-state index contributed by atoms with van der Waals surface area (Å²) < 4.78 is 5.50. The van der Waals surface area contributed by atoms with Crippen LogP contribution in [-0.4, -0.2) is 77.7 Å². The van der Waals surface area contributed by atoms with Crippen LogP contribution in [0.5, 0.6) is 0 Å². The largest absolute Gasteiger partial charge is 0.380 e. The lowest BCUT2D eigenvalue weighted by Crippen LogP contribution is -2.46. The monoisotopic (exact) mass is 422 g/mol. The van der Waals surface area contributed by atoms with Gasteiger partial charge in [-0.15, -0.1) is 0 Å². The number of carbonyl (C=O) groups is 1. The predicted molar refractivity (Wildman–Crippen MR) is 119 cm³/mol. The lowest BCUT2D eigenvalue weighted by molar-refractivity contribution is 0.0694. The molecule has 2 aromatic rings. The molecule has 0 radical (unpaired) electrons. The number of aryl methyl sites for hydroxylation is 2. The van der Waals surface area contributed by atoms with Crippen molar-refractivity contribution in [1.82, 2.24) is 19.9 Å². The highest BCUT2D eigenvalue weighted by atomic mass is 16.5. The van der Waals surface area contributed by atoms with E-state index in [0.29, 0.717) is 18.0 Å².